The number of aromatic nitrogens is 2. The van der Waals surface area contributed by atoms with Crippen LogP contribution in [0.4, 0.5) is 22.1 Å². The Hall–Kier alpha value is -2.87. The summed E-state index contributed by atoms with van der Waals surface area (Å²) in [7, 11) is 0. The van der Waals surface area contributed by atoms with Crippen molar-refractivity contribution in [3.05, 3.63) is 76.0 Å². The van der Waals surface area contributed by atoms with Crippen LogP contribution in [0.5, 0.6) is 0 Å². The summed E-state index contributed by atoms with van der Waals surface area (Å²) in [5.41, 5.74) is 8.07. The summed E-state index contributed by atoms with van der Waals surface area (Å²) in [6.45, 7) is 1.43. The van der Waals surface area contributed by atoms with E-state index in [1.165, 1.54) is 12.4 Å². The molecule has 0 saturated heterocycles. The zero-order chi connectivity index (χ0) is 20.6. The molecule has 150 valence electrons. The molecule has 3 aromatic rings. The third kappa shape index (κ3) is 6.32. The number of carbonyl (C=O) groups excluding carboxylic acids is 1. The second-order valence-corrected chi connectivity index (χ2v) is 7.04. The zero-order valence-electron chi connectivity index (χ0n) is 15.5. The van der Waals surface area contributed by atoms with Crippen LogP contribution in [-0.2, 0) is 13.0 Å². The Bertz CT molecular complexity index is 981. The molecule has 0 aliphatic rings. The van der Waals surface area contributed by atoms with Gasteiger partial charge in [-0.3, -0.25) is 5.32 Å². The molecular formula is C20H20Cl2N6O. The van der Waals surface area contributed by atoms with Crippen molar-refractivity contribution in [2.75, 3.05) is 22.9 Å². The Morgan fingerprint density at radius 3 is 2.52 bits per heavy atom. The van der Waals surface area contributed by atoms with Gasteiger partial charge in [0, 0.05) is 22.3 Å². The highest BCUT2D eigenvalue weighted by Gasteiger charge is 2.07. The highest BCUT2D eigenvalue weighted by atomic mass is 35.5. The average molecular weight is 431 g/mol. The summed E-state index contributed by atoms with van der Waals surface area (Å²) in [5.74, 6) is 0.573. The molecule has 2 aromatic carbocycles. The van der Waals surface area contributed by atoms with Crippen molar-refractivity contribution in [1.82, 2.24) is 15.3 Å². The lowest BCUT2D eigenvalue weighted by Gasteiger charge is -2.10. The van der Waals surface area contributed by atoms with Crippen LogP contribution >= 0.6 is 23.2 Å². The quantitative estimate of drug-likeness (QED) is 0.417. The summed E-state index contributed by atoms with van der Waals surface area (Å²) < 4.78 is 0. The minimum Gasteiger partial charge on any atom is -0.382 e. The number of hydrogen-bond donors (Lipinski definition) is 4. The molecule has 0 saturated carbocycles. The molecular weight excluding hydrogens is 411 g/mol. The van der Waals surface area contributed by atoms with Crippen LogP contribution in [0.2, 0.25) is 10.0 Å². The number of halogens is 2. The van der Waals surface area contributed by atoms with Gasteiger partial charge < -0.3 is 16.4 Å². The largest absolute Gasteiger partial charge is 0.382 e. The van der Waals surface area contributed by atoms with Crippen LogP contribution in [0.25, 0.3) is 0 Å². The van der Waals surface area contributed by atoms with Crippen LogP contribution in [0.15, 0.2) is 54.9 Å². The molecule has 0 spiro atoms. The van der Waals surface area contributed by atoms with Crippen molar-refractivity contribution < 1.29 is 4.79 Å². The van der Waals surface area contributed by atoms with Crippen molar-refractivity contribution in [3.8, 4) is 0 Å². The number of amides is 2. The van der Waals surface area contributed by atoms with Gasteiger partial charge in [0.05, 0.1) is 12.4 Å². The van der Waals surface area contributed by atoms with Crippen LogP contribution in [0, 0.1) is 0 Å². The SMILES string of the molecule is Nc1cnc(NC(=O)Nc2ccc(CCNCc3ccccc3Cl)c(Cl)c2)cn1. The van der Waals surface area contributed by atoms with Crippen molar-refractivity contribution in [2.45, 2.75) is 13.0 Å². The molecule has 0 atom stereocenters. The maximum absolute atomic E-state index is 12.1. The van der Waals surface area contributed by atoms with Gasteiger partial charge in [-0.2, -0.15) is 0 Å². The lowest BCUT2D eigenvalue weighted by Crippen LogP contribution is -2.20. The first-order valence-corrected chi connectivity index (χ1v) is 9.65. The van der Waals surface area contributed by atoms with Crippen molar-refractivity contribution in [3.63, 3.8) is 0 Å². The molecule has 0 aliphatic heterocycles. The Kier molecular flexibility index (Phi) is 7.24. The Morgan fingerprint density at radius 2 is 1.79 bits per heavy atom. The van der Waals surface area contributed by atoms with Crippen LogP contribution in [-0.4, -0.2) is 22.5 Å². The Balaban J connectivity index is 1.48. The van der Waals surface area contributed by atoms with Gasteiger partial charge in [-0.25, -0.2) is 14.8 Å². The predicted molar refractivity (Wildman–Crippen MR) is 117 cm³/mol. The third-order valence-electron chi connectivity index (χ3n) is 4.07. The fraction of sp³-hybridized carbons (Fsp3) is 0.150. The number of benzene rings is 2. The fourth-order valence-electron chi connectivity index (χ4n) is 2.60. The van der Waals surface area contributed by atoms with E-state index in [9.17, 15) is 4.79 Å². The third-order valence-corrected chi connectivity index (χ3v) is 4.79. The van der Waals surface area contributed by atoms with Crippen LogP contribution in [0.1, 0.15) is 11.1 Å². The van der Waals surface area contributed by atoms with E-state index in [0.29, 0.717) is 23.1 Å². The number of urea groups is 1. The first kappa shape index (κ1) is 20.9. The molecule has 0 fully saturated rings. The summed E-state index contributed by atoms with van der Waals surface area (Å²) >= 11 is 12.5. The van der Waals surface area contributed by atoms with Crippen molar-refractivity contribution >= 4 is 46.6 Å². The van der Waals surface area contributed by atoms with E-state index in [0.717, 1.165) is 29.1 Å². The molecule has 0 radical (unpaired) electrons. The van der Waals surface area contributed by atoms with Gasteiger partial charge in [0.25, 0.3) is 0 Å². The predicted octanol–water partition coefficient (Wildman–Crippen LogP) is 4.34. The number of nitrogens with one attached hydrogen (secondary N) is 3. The number of nitrogens with zero attached hydrogens (tertiary/aromatic N) is 2. The molecule has 7 nitrogen and oxygen atoms in total. The molecule has 0 unspecified atom stereocenters. The van der Waals surface area contributed by atoms with Gasteiger partial charge in [0.1, 0.15) is 5.82 Å². The molecule has 0 aliphatic carbocycles. The van der Waals surface area contributed by atoms with E-state index < -0.39 is 6.03 Å². The first-order valence-electron chi connectivity index (χ1n) is 8.89. The summed E-state index contributed by atoms with van der Waals surface area (Å²) in [5, 5.41) is 9.95. The van der Waals surface area contributed by atoms with Crippen molar-refractivity contribution in [1.29, 1.82) is 0 Å². The van der Waals surface area contributed by atoms with Crippen LogP contribution < -0.4 is 21.7 Å². The van der Waals surface area contributed by atoms with Crippen LogP contribution in [0.3, 0.4) is 0 Å². The number of hydrogen-bond acceptors (Lipinski definition) is 5. The maximum Gasteiger partial charge on any atom is 0.324 e. The smallest absolute Gasteiger partial charge is 0.324 e. The Morgan fingerprint density at radius 1 is 0.966 bits per heavy atom. The molecule has 9 heteroatoms. The summed E-state index contributed by atoms with van der Waals surface area (Å²) in [4.78, 5) is 19.9. The van der Waals surface area contributed by atoms with Crippen molar-refractivity contribution in [2.24, 2.45) is 0 Å². The van der Waals surface area contributed by atoms with Gasteiger partial charge in [0.2, 0.25) is 0 Å². The molecule has 5 N–H and O–H groups in total. The second kappa shape index (κ2) is 10.1. The van der Waals surface area contributed by atoms with E-state index in [2.05, 4.69) is 25.9 Å². The minimum absolute atomic E-state index is 0.277. The fourth-order valence-corrected chi connectivity index (χ4v) is 3.07. The number of rotatable bonds is 7. The molecule has 3 rings (SSSR count). The topological polar surface area (TPSA) is 105 Å². The van der Waals surface area contributed by atoms with E-state index in [1.54, 1.807) is 12.1 Å². The number of nitrogen functional groups attached to an aromatic ring is 1. The molecule has 0 bridgehead atoms. The van der Waals surface area contributed by atoms with Gasteiger partial charge in [0.15, 0.2) is 5.82 Å². The maximum atomic E-state index is 12.1. The zero-order valence-corrected chi connectivity index (χ0v) is 17.0. The number of anilines is 3. The monoisotopic (exact) mass is 430 g/mol. The van der Waals surface area contributed by atoms with E-state index in [4.69, 9.17) is 28.9 Å². The molecule has 1 aromatic heterocycles. The lowest BCUT2D eigenvalue weighted by molar-refractivity contribution is 0.262. The number of carbonyl (C=O) groups is 1. The molecule has 2 amide bonds. The molecule has 29 heavy (non-hydrogen) atoms. The van der Waals surface area contributed by atoms with E-state index in [1.807, 2.05) is 30.3 Å². The Labute approximate surface area is 178 Å². The lowest BCUT2D eigenvalue weighted by atomic mass is 10.1. The normalized spacial score (nSPS) is 10.6. The molecule has 1 heterocycles. The average Bonchev–Trinajstić information content (AvgIpc) is 2.69. The van der Waals surface area contributed by atoms with Gasteiger partial charge in [-0.1, -0.05) is 47.5 Å². The standard InChI is InChI=1S/C20H20Cl2N6O/c21-16-4-2-1-3-14(16)10-24-8-7-13-5-6-15(9-17(13)22)27-20(29)28-19-12-25-18(23)11-26-19/h1-6,9,11-12,24H,7-8,10H2,(H2,23,25)(H2,26,27,28,29). The van der Waals surface area contributed by atoms with Gasteiger partial charge in [-0.05, 0) is 42.3 Å². The highest BCUT2D eigenvalue weighted by Crippen LogP contribution is 2.22. The van der Waals surface area contributed by atoms with E-state index in [-0.39, 0.29) is 5.82 Å². The van der Waals surface area contributed by atoms with Gasteiger partial charge >= 0.3 is 6.03 Å². The van der Waals surface area contributed by atoms with Gasteiger partial charge in [-0.15, -0.1) is 0 Å². The summed E-state index contributed by atoms with van der Waals surface area (Å²) in [6, 6.07) is 12.7. The number of nitrogens with two attached hydrogens (primary N) is 1. The summed E-state index contributed by atoms with van der Waals surface area (Å²) in [6.07, 6.45) is 3.48. The minimum atomic E-state index is -0.450. The van der Waals surface area contributed by atoms with E-state index >= 15 is 0 Å². The highest BCUT2D eigenvalue weighted by molar-refractivity contribution is 6.32. The first-order chi connectivity index (χ1) is 14.0. The second-order valence-electron chi connectivity index (χ2n) is 6.23.